The molecule has 7 nitrogen and oxygen atoms in total. The summed E-state index contributed by atoms with van der Waals surface area (Å²) < 4.78 is 46.3. The molecule has 0 aromatic heterocycles. The minimum atomic E-state index is -3.95. The van der Waals surface area contributed by atoms with Crippen LogP contribution in [0.5, 0.6) is 17.2 Å². The summed E-state index contributed by atoms with van der Waals surface area (Å²) in [6, 6.07) is 19.5. The molecule has 0 saturated carbocycles. The van der Waals surface area contributed by atoms with Crippen LogP contribution in [0, 0.1) is 7.43 Å². The number of rotatable bonds is 10. The average Bonchev–Trinajstić information content (AvgIpc) is 2.88. The van der Waals surface area contributed by atoms with Crippen molar-refractivity contribution in [3.63, 3.8) is 0 Å². The van der Waals surface area contributed by atoms with E-state index in [0.29, 0.717) is 33.9 Å². The second-order valence-electron chi connectivity index (χ2n) is 7.11. The van der Waals surface area contributed by atoms with Gasteiger partial charge in [-0.3, -0.25) is 0 Å². The predicted octanol–water partition coefficient (Wildman–Crippen LogP) is 6.59. The zero-order chi connectivity index (χ0) is 25.1. The van der Waals surface area contributed by atoms with Gasteiger partial charge in [-0.15, -0.1) is 12.1 Å². The first-order valence-electron chi connectivity index (χ1n) is 10.1. The van der Waals surface area contributed by atoms with Crippen LogP contribution >= 0.6 is 9.69 Å². The standard InChI is InChI=1S/C24H26N2O5S.CH3.ClH.Ru/c1-29-20-14-17(15-21(30-2)24(20)31-3)16-32(27,28)26-23(19-12-8-5-9-13-19)22(25)18-10-6-4-7-11-18;;;/h4-15,22-23,25H,16H2,1-3H3;1H3;1H;/q-2;-1;;+4/p-1. The molecule has 3 rings (SSSR count). The molecule has 0 aliphatic heterocycles. The Hall–Kier alpha value is -2.16. The SMILES string of the molecule is COc1cc(CS(=O)(=O)[N-]C(c2ccccc2)C([NH-])c2ccccc2)cc(OC)c1OC.[CH3-].[Cl][Ru+3]. The molecule has 2 unspecified atom stereocenters. The first-order chi connectivity index (χ1) is 16.4. The molecule has 0 radical (unpaired) electrons. The van der Waals surface area contributed by atoms with Gasteiger partial charge in [0.15, 0.2) is 11.5 Å². The summed E-state index contributed by atoms with van der Waals surface area (Å²) >= 11 is 1.82. The molecule has 3 aromatic carbocycles. The van der Waals surface area contributed by atoms with Crippen molar-refractivity contribution in [2.75, 3.05) is 21.3 Å². The van der Waals surface area contributed by atoms with Gasteiger partial charge in [-0.05, 0) is 17.7 Å². The number of hydrogen-bond acceptors (Lipinski definition) is 5. The Bertz CT molecular complexity index is 1110. The first kappa shape index (κ1) is 30.9. The first-order valence-corrected chi connectivity index (χ1v) is 13.9. The fourth-order valence-corrected chi connectivity index (χ4v) is 4.70. The number of sulfonamides is 1. The summed E-state index contributed by atoms with van der Waals surface area (Å²) in [4.78, 5) is 0. The monoisotopic (exact) mass is 606 g/mol. The van der Waals surface area contributed by atoms with Crippen molar-refractivity contribution in [3.05, 3.63) is 107 Å². The molecule has 0 aliphatic carbocycles. The summed E-state index contributed by atoms with van der Waals surface area (Å²) in [7, 11) is 5.03. The summed E-state index contributed by atoms with van der Waals surface area (Å²) in [5.41, 5.74) is 10.5. The molecule has 0 aliphatic rings. The molecule has 0 saturated heterocycles. The molecule has 0 spiro atoms. The van der Waals surface area contributed by atoms with Gasteiger partial charge in [-0.25, -0.2) is 8.42 Å². The predicted molar refractivity (Wildman–Crippen MR) is 137 cm³/mol. The number of ether oxygens (including phenoxy) is 3. The second-order valence-corrected chi connectivity index (χ2v) is 8.77. The van der Waals surface area contributed by atoms with Crippen molar-refractivity contribution in [2.24, 2.45) is 0 Å². The van der Waals surface area contributed by atoms with E-state index in [9.17, 15) is 8.42 Å². The molecule has 0 amide bonds. The molecular weight excluding hydrogens is 577 g/mol. The third-order valence-electron chi connectivity index (χ3n) is 4.96. The Morgan fingerprint density at radius 2 is 1.31 bits per heavy atom. The number of benzene rings is 3. The van der Waals surface area contributed by atoms with Crippen molar-refractivity contribution in [2.45, 2.75) is 17.8 Å². The van der Waals surface area contributed by atoms with E-state index in [1.807, 2.05) is 41.6 Å². The van der Waals surface area contributed by atoms with Gasteiger partial charge in [0, 0.05) is 0 Å². The number of nitrogens with zero attached hydrogens (tertiary/aromatic N) is 1. The van der Waals surface area contributed by atoms with Crippen LogP contribution in [0.1, 0.15) is 28.8 Å². The molecule has 1 N–H and O–H groups in total. The number of nitrogens with one attached hydrogen (secondary N) is 1. The van der Waals surface area contributed by atoms with Crippen molar-refractivity contribution in [1.29, 1.82) is 0 Å². The molecule has 0 bridgehead atoms. The van der Waals surface area contributed by atoms with E-state index in [0.717, 1.165) is 0 Å². The van der Waals surface area contributed by atoms with Gasteiger partial charge in [0.05, 0.1) is 37.1 Å². The van der Waals surface area contributed by atoms with Gasteiger partial charge in [0.2, 0.25) is 5.75 Å². The quantitative estimate of drug-likeness (QED) is 0.192. The fourth-order valence-electron chi connectivity index (χ4n) is 3.45. The molecular formula is C25H29ClN2O5RuS. The van der Waals surface area contributed by atoms with Crippen LogP contribution in [0.2, 0.25) is 0 Å². The zero-order valence-electron chi connectivity index (χ0n) is 19.9. The van der Waals surface area contributed by atoms with Crippen LogP contribution in [0.15, 0.2) is 72.8 Å². The van der Waals surface area contributed by atoms with Crippen LogP contribution in [0.3, 0.4) is 0 Å². The minimum absolute atomic E-state index is 0. The summed E-state index contributed by atoms with van der Waals surface area (Å²) in [6.45, 7) is 0. The van der Waals surface area contributed by atoms with E-state index in [-0.39, 0.29) is 13.2 Å². The third-order valence-corrected chi connectivity index (χ3v) is 6.21. The van der Waals surface area contributed by atoms with E-state index in [2.05, 4.69) is 14.4 Å². The maximum absolute atomic E-state index is 13.1. The Kier molecular flexibility index (Phi) is 13.3. The maximum atomic E-state index is 13.1. The summed E-state index contributed by atoms with van der Waals surface area (Å²) in [5.74, 6) is 0.735. The molecule has 190 valence electrons. The topological polar surface area (TPSA) is 99.7 Å². The third kappa shape index (κ3) is 8.48. The van der Waals surface area contributed by atoms with Crippen LogP contribution in [0.4, 0.5) is 0 Å². The number of hydrogen-bond donors (Lipinski definition) is 0. The molecule has 3 aromatic rings. The zero-order valence-corrected chi connectivity index (χ0v) is 23.2. The van der Waals surface area contributed by atoms with E-state index < -0.39 is 22.1 Å². The van der Waals surface area contributed by atoms with Gasteiger partial charge >= 0.3 is 27.0 Å². The fraction of sp³-hybridized carbons (Fsp3) is 0.240. The van der Waals surface area contributed by atoms with E-state index in [1.165, 1.54) is 21.3 Å². The normalized spacial score (nSPS) is 12.3. The molecule has 10 heteroatoms. The van der Waals surface area contributed by atoms with E-state index in [1.54, 1.807) is 48.5 Å². The molecule has 35 heavy (non-hydrogen) atoms. The average molecular weight is 606 g/mol. The Labute approximate surface area is 222 Å². The Balaban J connectivity index is 0.00000199. The van der Waals surface area contributed by atoms with Crippen LogP contribution in [-0.2, 0) is 33.1 Å². The van der Waals surface area contributed by atoms with E-state index >= 15 is 0 Å². The molecule has 0 fully saturated rings. The van der Waals surface area contributed by atoms with E-state index in [4.69, 9.17) is 19.9 Å². The van der Waals surface area contributed by atoms with Crippen LogP contribution in [-0.4, -0.2) is 29.7 Å². The van der Waals surface area contributed by atoms with Crippen molar-refractivity contribution in [1.82, 2.24) is 0 Å². The Morgan fingerprint density at radius 3 is 1.74 bits per heavy atom. The van der Waals surface area contributed by atoms with Crippen LogP contribution in [0.25, 0.3) is 10.5 Å². The van der Waals surface area contributed by atoms with Crippen LogP contribution < -0.4 is 14.2 Å². The molecule has 2 atom stereocenters. The Morgan fingerprint density at radius 1 is 0.857 bits per heavy atom. The van der Waals surface area contributed by atoms with Gasteiger partial charge in [0.25, 0.3) is 0 Å². The van der Waals surface area contributed by atoms with Gasteiger partial charge < -0.3 is 32.1 Å². The number of methoxy groups -OCH3 is 3. The van der Waals surface area contributed by atoms with Gasteiger partial charge in [-0.1, -0.05) is 71.8 Å². The van der Waals surface area contributed by atoms with Crippen molar-refractivity contribution in [3.8, 4) is 17.2 Å². The van der Waals surface area contributed by atoms with Gasteiger partial charge in [0.1, 0.15) is 0 Å². The van der Waals surface area contributed by atoms with Gasteiger partial charge in [-0.2, -0.15) is 0 Å². The van der Waals surface area contributed by atoms with Crippen molar-refractivity contribution < 1.29 is 39.9 Å². The second kappa shape index (κ2) is 15.1. The summed E-state index contributed by atoms with van der Waals surface area (Å²) in [5, 5.41) is 0. The van der Waals surface area contributed by atoms with Crippen molar-refractivity contribution >= 4 is 19.7 Å². The summed E-state index contributed by atoms with van der Waals surface area (Å²) in [6.07, 6.45) is 0. The number of halogens is 1. The molecule has 0 heterocycles.